The fourth-order valence-electron chi connectivity index (χ4n) is 4.18. The zero-order chi connectivity index (χ0) is 18.9. The van der Waals surface area contributed by atoms with Crippen LogP contribution in [0.3, 0.4) is 0 Å². The average molecular weight is 360 g/mol. The maximum Gasteiger partial charge on any atom is 0.412 e. The molecule has 5 nitrogen and oxygen atoms in total. The summed E-state index contributed by atoms with van der Waals surface area (Å²) in [5.74, 6) is 0.372. The van der Waals surface area contributed by atoms with Crippen molar-refractivity contribution in [2.75, 3.05) is 18.9 Å². The molecule has 0 spiro atoms. The predicted molar refractivity (Wildman–Crippen MR) is 104 cm³/mol. The van der Waals surface area contributed by atoms with E-state index in [0.717, 1.165) is 50.9 Å². The molecule has 144 valence electrons. The van der Waals surface area contributed by atoms with Crippen LogP contribution in [0, 0.1) is 0 Å². The number of anilines is 1. The summed E-state index contributed by atoms with van der Waals surface area (Å²) in [6, 6.07) is 4.19. The number of hydrogen-bond acceptors (Lipinski definition) is 4. The SMILES string of the molecule is CN1CCc2c(cc(NC(=O)OC(C)(C)C)cc2C2CCCC(O)C2)C1. The van der Waals surface area contributed by atoms with Gasteiger partial charge >= 0.3 is 6.09 Å². The molecule has 0 bridgehead atoms. The number of aliphatic hydroxyl groups is 1. The van der Waals surface area contributed by atoms with Crippen molar-refractivity contribution in [2.24, 2.45) is 0 Å². The lowest BCUT2D eigenvalue weighted by Gasteiger charge is -2.33. The first kappa shape index (κ1) is 19.2. The van der Waals surface area contributed by atoms with Crippen molar-refractivity contribution in [2.45, 2.75) is 77.0 Å². The van der Waals surface area contributed by atoms with Crippen molar-refractivity contribution in [1.82, 2.24) is 4.90 Å². The number of rotatable bonds is 2. The second kappa shape index (κ2) is 7.57. The van der Waals surface area contributed by atoms with E-state index in [1.54, 1.807) is 0 Å². The monoisotopic (exact) mass is 360 g/mol. The number of aliphatic hydroxyl groups excluding tert-OH is 1. The van der Waals surface area contributed by atoms with Crippen molar-refractivity contribution < 1.29 is 14.6 Å². The molecular formula is C21H32N2O3. The van der Waals surface area contributed by atoms with Gasteiger partial charge in [-0.25, -0.2) is 4.79 Å². The number of hydrogen-bond donors (Lipinski definition) is 2. The molecule has 2 atom stereocenters. The largest absolute Gasteiger partial charge is 0.444 e. The number of fused-ring (bicyclic) bond motifs is 1. The molecule has 2 N–H and O–H groups in total. The minimum Gasteiger partial charge on any atom is -0.444 e. The molecule has 1 aromatic carbocycles. The number of amides is 1. The van der Waals surface area contributed by atoms with E-state index in [4.69, 9.17) is 4.74 Å². The van der Waals surface area contributed by atoms with Crippen LogP contribution in [0.5, 0.6) is 0 Å². The van der Waals surface area contributed by atoms with E-state index >= 15 is 0 Å². The molecule has 2 aliphatic rings. The Balaban J connectivity index is 1.89. The highest BCUT2D eigenvalue weighted by Crippen LogP contribution is 2.38. The Morgan fingerprint density at radius 3 is 2.77 bits per heavy atom. The van der Waals surface area contributed by atoms with E-state index in [1.165, 1.54) is 16.7 Å². The molecule has 1 aromatic rings. The summed E-state index contributed by atoms with van der Waals surface area (Å²) in [5.41, 5.74) is 4.28. The van der Waals surface area contributed by atoms with Crippen LogP contribution in [-0.4, -0.2) is 41.4 Å². The van der Waals surface area contributed by atoms with Gasteiger partial charge in [0.05, 0.1) is 6.10 Å². The predicted octanol–water partition coefficient (Wildman–Crippen LogP) is 4.04. The lowest BCUT2D eigenvalue weighted by Crippen LogP contribution is -2.30. The van der Waals surface area contributed by atoms with Crippen molar-refractivity contribution in [1.29, 1.82) is 0 Å². The number of benzene rings is 1. The van der Waals surface area contributed by atoms with Gasteiger partial charge in [0.2, 0.25) is 0 Å². The summed E-state index contributed by atoms with van der Waals surface area (Å²) in [5, 5.41) is 13.0. The smallest absolute Gasteiger partial charge is 0.412 e. The standard InChI is InChI=1S/C21H32N2O3/c1-21(2,3)26-20(25)22-16-10-15-13-23(4)9-8-18(15)19(12-16)14-6-5-7-17(24)11-14/h10,12,14,17,24H,5-9,11,13H2,1-4H3,(H,22,25). The Bertz CT molecular complexity index is 666. The Morgan fingerprint density at radius 2 is 2.08 bits per heavy atom. The summed E-state index contributed by atoms with van der Waals surface area (Å²) < 4.78 is 5.41. The van der Waals surface area contributed by atoms with Gasteiger partial charge in [-0.3, -0.25) is 5.32 Å². The first-order chi connectivity index (χ1) is 12.2. The topological polar surface area (TPSA) is 61.8 Å². The third kappa shape index (κ3) is 4.77. The van der Waals surface area contributed by atoms with Crippen LogP contribution in [0.1, 0.15) is 69.1 Å². The van der Waals surface area contributed by atoms with Crippen LogP contribution in [0.2, 0.25) is 0 Å². The van der Waals surface area contributed by atoms with Crippen LogP contribution >= 0.6 is 0 Å². The number of ether oxygens (including phenoxy) is 1. The second-order valence-corrected chi connectivity index (χ2v) is 8.84. The summed E-state index contributed by atoms with van der Waals surface area (Å²) >= 11 is 0. The zero-order valence-electron chi connectivity index (χ0n) is 16.5. The molecule has 1 amide bonds. The lowest BCUT2D eigenvalue weighted by molar-refractivity contribution is 0.0636. The van der Waals surface area contributed by atoms with Gasteiger partial charge in [-0.15, -0.1) is 0 Å². The highest BCUT2D eigenvalue weighted by Gasteiger charge is 2.27. The molecule has 3 rings (SSSR count). The second-order valence-electron chi connectivity index (χ2n) is 8.84. The van der Waals surface area contributed by atoms with Gasteiger partial charge in [0, 0.05) is 18.8 Å². The zero-order valence-corrected chi connectivity index (χ0v) is 16.5. The van der Waals surface area contributed by atoms with Crippen LogP contribution in [0.4, 0.5) is 10.5 Å². The number of nitrogens with one attached hydrogen (secondary N) is 1. The molecule has 1 aliphatic heterocycles. The number of likely N-dealkylation sites (N-methyl/N-ethyl adjacent to an activating group) is 1. The molecule has 1 heterocycles. The summed E-state index contributed by atoms with van der Waals surface area (Å²) in [6.07, 6.45) is 4.28. The molecule has 1 fully saturated rings. The number of carbonyl (C=O) groups is 1. The maximum absolute atomic E-state index is 12.2. The first-order valence-corrected chi connectivity index (χ1v) is 9.73. The van der Waals surface area contributed by atoms with Crippen molar-refractivity contribution in [3.63, 3.8) is 0 Å². The molecular weight excluding hydrogens is 328 g/mol. The Hall–Kier alpha value is -1.59. The highest BCUT2D eigenvalue weighted by molar-refractivity contribution is 5.85. The van der Waals surface area contributed by atoms with E-state index in [2.05, 4.69) is 29.4 Å². The van der Waals surface area contributed by atoms with Crippen LogP contribution in [0.25, 0.3) is 0 Å². The minimum atomic E-state index is -0.519. The van der Waals surface area contributed by atoms with Crippen molar-refractivity contribution >= 4 is 11.8 Å². The first-order valence-electron chi connectivity index (χ1n) is 9.73. The van der Waals surface area contributed by atoms with Crippen LogP contribution in [0.15, 0.2) is 12.1 Å². The van der Waals surface area contributed by atoms with Crippen LogP contribution in [-0.2, 0) is 17.7 Å². The lowest BCUT2D eigenvalue weighted by atomic mass is 9.78. The molecule has 0 radical (unpaired) electrons. The van der Waals surface area contributed by atoms with E-state index < -0.39 is 11.7 Å². The number of nitrogens with zero attached hydrogens (tertiary/aromatic N) is 1. The number of carbonyl (C=O) groups excluding carboxylic acids is 1. The minimum absolute atomic E-state index is 0.210. The normalized spacial score (nSPS) is 24.0. The molecule has 1 saturated carbocycles. The molecule has 0 aromatic heterocycles. The fourth-order valence-corrected chi connectivity index (χ4v) is 4.18. The molecule has 26 heavy (non-hydrogen) atoms. The van der Waals surface area contributed by atoms with Crippen molar-refractivity contribution in [3.8, 4) is 0 Å². The van der Waals surface area contributed by atoms with E-state index in [9.17, 15) is 9.90 Å². The van der Waals surface area contributed by atoms with Crippen molar-refractivity contribution in [3.05, 3.63) is 28.8 Å². The fraction of sp³-hybridized carbons (Fsp3) is 0.667. The van der Waals surface area contributed by atoms with Gasteiger partial charge in [-0.1, -0.05) is 6.42 Å². The van der Waals surface area contributed by atoms with E-state index in [1.807, 2.05) is 20.8 Å². The molecule has 1 aliphatic carbocycles. The maximum atomic E-state index is 12.2. The van der Waals surface area contributed by atoms with E-state index in [-0.39, 0.29) is 6.10 Å². The summed E-state index contributed by atoms with van der Waals surface area (Å²) in [6.45, 7) is 7.53. The molecule has 5 heteroatoms. The highest BCUT2D eigenvalue weighted by atomic mass is 16.6. The van der Waals surface area contributed by atoms with E-state index in [0.29, 0.717) is 5.92 Å². The molecule has 0 saturated heterocycles. The van der Waals surface area contributed by atoms with Gasteiger partial charge in [0.15, 0.2) is 0 Å². The quantitative estimate of drug-likeness (QED) is 0.835. The molecule has 2 unspecified atom stereocenters. The summed E-state index contributed by atoms with van der Waals surface area (Å²) in [4.78, 5) is 14.5. The van der Waals surface area contributed by atoms with Gasteiger partial charge in [0.25, 0.3) is 0 Å². The third-order valence-electron chi connectivity index (χ3n) is 5.29. The van der Waals surface area contributed by atoms with Gasteiger partial charge < -0.3 is 14.7 Å². The Kier molecular flexibility index (Phi) is 5.58. The third-order valence-corrected chi connectivity index (χ3v) is 5.29. The van der Waals surface area contributed by atoms with Gasteiger partial charge in [-0.2, -0.15) is 0 Å². The average Bonchev–Trinajstić information content (AvgIpc) is 2.51. The van der Waals surface area contributed by atoms with Gasteiger partial charge in [0.1, 0.15) is 5.60 Å². The Morgan fingerprint density at radius 1 is 1.31 bits per heavy atom. The Labute approximate surface area is 156 Å². The van der Waals surface area contributed by atoms with Crippen LogP contribution < -0.4 is 5.32 Å². The van der Waals surface area contributed by atoms with Gasteiger partial charge in [-0.05, 0) is 88.2 Å². The summed E-state index contributed by atoms with van der Waals surface area (Å²) in [7, 11) is 2.13.